The summed E-state index contributed by atoms with van der Waals surface area (Å²) in [5.74, 6) is 0.307. The lowest BCUT2D eigenvalue weighted by Gasteiger charge is -2.34. The second-order valence-corrected chi connectivity index (χ2v) is 7.65. The normalized spacial score (nSPS) is 21.9. The third-order valence-corrected chi connectivity index (χ3v) is 3.99. The highest BCUT2D eigenvalue weighted by Crippen LogP contribution is 2.22. The number of carbonyl (C=O) groups is 1. The molecule has 0 unspecified atom stereocenters. The van der Waals surface area contributed by atoms with Crippen molar-refractivity contribution in [3.63, 3.8) is 0 Å². The fourth-order valence-electron chi connectivity index (χ4n) is 3.34. The van der Waals surface area contributed by atoms with Crippen molar-refractivity contribution in [1.29, 1.82) is 0 Å². The van der Waals surface area contributed by atoms with E-state index in [0.717, 1.165) is 19.5 Å². The minimum absolute atomic E-state index is 0.00211. The van der Waals surface area contributed by atoms with Gasteiger partial charge in [-0.1, -0.05) is 39.0 Å². The Balaban J connectivity index is 2.42. The van der Waals surface area contributed by atoms with Gasteiger partial charge in [-0.15, -0.1) is 0 Å². The number of rotatable bonds is 7. The van der Waals surface area contributed by atoms with Gasteiger partial charge >= 0.3 is 0 Å². The summed E-state index contributed by atoms with van der Waals surface area (Å²) in [5, 5.41) is 3.61. The van der Waals surface area contributed by atoms with E-state index >= 15 is 0 Å². The van der Waals surface area contributed by atoms with Gasteiger partial charge in [-0.25, -0.2) is 0 Å². The molecular formula is C17H34N2O. The van der Waals surface area contributed by atoms with Crippen molar-refractivity contribution in [2.75, 3.05) is 13.1 Å². The molecule has 3 heteroatoms. The Morgan fingerprint density at radius 1 is 1.00 bits per heavy atom. The van der Waals surface area contributed by atoms with E-state index in [2.05, 4.69) is 44.8 Å². The molecular weight excluding hydrogens is 248 g/mol. The van der Waals surface area contributed by atoms with Crippen molar-refractivity contribution in [3.05, 3.63) is 0 Å². The minimum atomic E-state index is -0.101. The summed E-state index contributed by atoms with van der Waals surface area (Å²) in [6.45, 7) is 12.6. The van der Waals surface area contributed by atoms with E-state index in [1.54, 1.807) is 0 Å². The Labute approximate surface area is 125 Å². The third-order valence-electron chi connectivity index (χ3n) is 3.99. The summed E-state index contributed by atoms with van der Waals surface area (Å²) in [4.78, 5) is 14.4. The molecule has 0 bridgehead atoms. The zero-order chi connectivity index (χ0) is 15.2. The zero-order valence-electron chi connectivity index (χ0n) is 14.2. The Kier molecular flexibility index (Phi) is 6.50. The molecule has 0 aromatic heterocycles. The standard InChI is InChI=1S/C17H34N2O/c1-6-7-8-9-10-11-12-19-14-17(4,5)18-16(2,3)13-15(19)20/h18H,6-14H2,1-5H3. The quantitative estimate of drug-likeness (QED) is 0.722. The Morgan fingerprint density at radius 2 is 1.60 bits per heavy atom. The van der Waals surface area contributed by atoms with Crippen LogP contribution in [0.25, 0.3) is 0 Å². The van der Waals surface area contributed by atoms with Crippen LogP contribution in [0.2, 0.25) is 0 Å². The summed E-state index contributed by atoms with van der Waals surface area (Å²) in [5.41, 5.74) is -0.103. The number of carbonyl (C=O) groups excluding carboxylic acids is 1. The summed E-state index contributed by atoms with van der Waals surface area (Å²) < 4.78 is 0. The zero-order valence-corrected chi connectivity index (χ0v) is 14.2. The van der Waals surface area contributed by atoms with Crippen LogP contribution in [0.15, 0.2) is 0 Å². The predicted octanol–water partition coefficient (Wildman–Crippen LogP) is 3.73. The molecule has 0 aromatic rings. The SMILES string of the molecule is CCCCCCCCN1CC(C)(C)NC(C)(C)CC1=O. The van der Waals surface area contributed by atoms with Gasteiger partial charge in [0, 0.05) is 30.6 Å². The molecule has 1 amide bonds. The lowest BCUT2D eigenvalue weighted by molar-refractivity contribution is -0.131. The number of amides is 1. The van der Waals surface area contributed by atoms with Gasteiger partial charge in [0.15, 0.2) is 0 Å². The number of nitrogens with one attached hydrogen (secondary N) is 1. The molecule has 1 N–H and O–H groups in total. The second kappa shape index (κ2) is 7.44. The van der Waals surface area contributed by atoms with Crippen LogP contribution in [0.4, 0.5) is 0 Å². The Hall–Kier alpha value is -0.570. The average Bonchev–Trinajstić information content (AvgIpc) is 2.36. The maximum Gasteiger partial charge on any atom is 0.224 e. The van der Waals surface area contributed by atoms with Crippen LogP contribution in [-0.2, 0) is 4.79 Å². The molecule has 1 aliphatic rings. The maximum atomic E-state index is 12.4. The molecule has 0 saturated carbocycles. The largest absolute Gasteiger partial charge is 0.341 e. The van der Waals surface area contributed by atoms with E-state index < -0.39 is 0 Å². The fourth-order valence-corrected chi connectivity index (χ4v) is 3.34. The van der Waals surface area contributed by atoms with Crippen molar-refractivity contribution in [1.82, 2.24) is 10.2 Å². The molecule has 0 spiro atoms. The number of nitrogens with zero attached hydrogens (tertiary/aromatic N) is 1. The molecule has 1 saturated heterocycles. The van der Waals surface area contributed by atoms with Crippen LogP contribution in [0.3, 0.4) is 0 Å². The van der Waals surface area contributed by atoms with E-state index in [0.29, 0.717) is 12.3 Å². The molecule has 1 heterocycles. The first-order valence-corrected chi connectivity index (χ1v) is 8.33. The fraction of sp³-hybridized carbons (Fsp3) is 0.941. The molecule has 0 aromatic carbocycles. The maximum absolute atomic E-state index is 12.4. The monoisotopic (exact) mass is 282 g/mol. The number of hydrogen-bond donors (Lipinski definition) is 1. The molecule has 3 nitrogen and oxygen atoms in total. The van der Waals surface area contributed by atoms with Gasteiger partial charge in [-0.2, -0.15) is 0 Å². The Bertz CT molecular complexity index is 310. The molecule has 0 atom stereocenters. The van der Waals surface area contributed by atoms with Gasteiger partial charge in [0.2, 0.25) is 5.91 Å². The molecule has 1 fully saturated rings. The highest BCUT2D eigenvalue weighted by Gasteiger charge is 2.36. The highest BCUT2D eigenvalue weighted by molar-refractivity contribution is 5.78. The van der Waals surface area contributed by atoms with Gasteiger partial charge in [0.05, 0.1) is 0 Å². The second-order valence-electron chi connectivity index (χ2n) is 7.65. The van der Waals surface area contributed by atoms with E-state index in [1.165, 1.54) is 32.1 Å². The summed E-state index contributed by atoms with van der Waals surface area (Å²) >= 11 is 0. The van der Waals surface area contributed by atoms with Crippen LogP contribution in [0.5, 0.6) is 0 Å². The third kappa shape index (κ3) is 6.25. The van der Waals surface area contributed by atoms with E-state index in [1.807, 2.05) is 0 Å². The molecule has 1 rings (SSSR count). The molecule has 0 radical (unpaired) electrons. The van der Waals surface area contributed by atoms with Gasteiger partial charge < -0.3 is 10.2 Å². The van der Waals surface area contributed by atoms with Gasteiger partial charge in [0.1, 0.15) is 0 Å². The minimum Gasteiger partial charge on any atom is -0.341 e. The van der Waals surface area contributed by atoms with Crippen molar-refractivity contribution >= 4 is 5.91 Å². The predicted molar refractivity (Wildman–Crippen MR) is 85.9 cm³/mol. The first kappa shape index (κ1) is 17.5. The molecule has 1 aliphatic heterocycles. The molecule has 20 heavy (non-hydrogen) atoms. The van der Waals surface area contributed by atoms with Gasteiger partial charge in [-0.3, -0.25) is 4.79 Å². The van der Waals surface area contributed by atoms with Crippen LogP contribution < -0.4 is 5.32 Å². The van der Waals surface area contributed by atoms with Crippen LogP contribution in [0, 0.1) is 0 Å². The summed E-state index contributed by atoms with van der Waals surface area (Å²) in [7, 11) is 0. The van der Waals surface area contributed by atoms with Crippen molar-refractivity contribution in [3.8, 4) is 0 Å². The average molecular weight is 282 g/mol. The van der Waals surface area contributed by atoms with Crippen LogP contribution in [-0.4, -0.2) is 35.0 Å². The number of unbranched alkanes of at least 4 members (excludes halogenated alkanes) is 5. The van der Waals surface area contributed by atoms with Crippen molar-refractivity contribution in [2.24, 2.45) is 0 Å². The van der Waals surface area contributed by atoms with E-state index in [-0.39, 0.29) is 11.1 Å². The smallest absolute Gasteiger partial charge is 0.224 e. The first-order chi connectivity index (χ1) is 9.26. The van der Waals surface area contributed by atoms with Gasteiger partial charge in [0.25, 0.3) is 0 Å². The lowest BCUT2D eigenvalue weighted by Crippen LogP contribution is -2.53. The Morgan fingerprint density at radius 3 is 2.25 bits per heavy atom. The molecule has 118 valence electrons. The summed E-state index contributed by atoms with van der Waals surface area (Å²) in [6.07, 6.45) is 8.28. The van der Waals surface area contributed by atoms with Crippen molar-refractivity contribution < 1.29 is 4.79 Å². The van der Waals surface area contributed by atoms with Crippen LogP contribution in [0.1, 0.15) is 79.6 Å². The van der Waals surface area contributed by atoms with Gasteiger partial charge in [-0.05, 0) is 34.1 Å². The van der Waals surface area contributed by atoms with Crippen LogP contribution >= 0.6 is 0 Å². The number of hydrogen-bond acceptors (Lipinski definition) is 2. The van der Waals surface area contributed by atoms with E-state index in [4.69, 9.17) is 0 Å². The summed E-state index contributed by atoms with van der Waals surface area (Å²) in [6, 6.07) is 0. The van der Waals surface area contributed by atoms with Crippen molar-refractivity contribution in [2.45, 2.75) is 90.6 Å². The lowest BCUT2D eigenvalue weighted by atomic mass is 9.96. The highest BCUT2D eigenvalue weighted by atomic mass is 16.2. The van der Waals surface area contributed by atoms with E-state index in [9.17, 15) is 4.79 Å². The molecule has 0 aliphatic carbocycles. The first-order valence-electron chi connectivity index (χ1n) is 8.33. The topological polar surface area (TPSA) is 32.3 Å².